The van der Waals surface area contributed by atoms with Gasteiger partial charge in [0.05, 0.1) is 24.8 Å². The van der Waals surface area contributed by atoms with Gasteiger partial charge in [0.25, 0.3) is 0 Å². The van der Waals surface area contributed by atoms with E-state index in [2.05, 4.69) is 15.3 Å². The minimum absolute atomic E-state index is 0.119. The average Bonchev–Trinajstić information content (AvgIpc) is 2.51. The summed E-state index contributed by atoms with van der Waals surface area (Å²) in [4.78, 5) is 21.4. The fraction of sp³-hybridized carbons (Fsp3) is 0.706. The van der Waals surface area contributed by atoms with E-state index in [1.54, 1.807) is 27.7 Å². The number of halogens is 3. The van der Waals surface area contributed by atoms with Gasteiger partial charge in [-0.3, -0.25) is 4.90 Å². The summed E-state index contributed by atoms with van der Waals surface area (Å²) in [5, 5.41) is 2.77. The van der Waals surface area contributed by atoms with Gasteiger partial charge in [-0.1, -0.05) is 0 Å². The summed E-state index contributed by atoms with van der Waals surface area (Å²) >= 11 is 0. The fourth-order valence-corrected chi connectivity index (χ4v) is 2.77. The van der Waals surface area contributed by atoms with Crippen LogP contribution in [0.15, 0.2) is 12.3 Å². The maximum absolute atomic E-state index is 12.8. The van der Waals surface area contributed by atoms with E-state index in [1.165, 1.54) is 4.90 Å². The van der Waals surface area contributed by atoms with Crippen LogP contribution in [0, 0.1) is 0 Å². The lowest BCUT2D eigenvalue weighted by molar-refractivity contribution is -0.141. The molecule has 152 valence electrons. The standard InChI is InChI=1S/C17H25F3N4O3/c1-10-9-24(15(25)27-16(3,4)5)12(11(2)26-10)8-22-14-21-7-6-13(23-14)17(18,19)20/h6-7,10-12H,8-9H2,1-5H3,(H,21,22,23)/t10-,11-,12+/m0/s1. The third-order valence-corrected chi connectivity index (χ3v) is 3.89. The third-order valence-electron chi connectivity index (χ3n) is 3.89. The number of nitrogens with one attached hydrogen (secondary N) is 1. The van der Waals surface area contributed by atoms with Gasteiger partial charge in [0, 0.05) is 12.7 Å². The zero-order chi connectivity index (χ0) is 20.4. The van der Waals surface area contributed by atoms with Crippen LogP contribution in [0.25, 0.3) is 0 Å². The summed E-state index contributed by atoms with van der Waals surface area (Å²) in [6.45, 7) is 9.37. The quantitative estimate of drug-likeness (QED) is 0.853. The largest absolute Gasteiger partial charge is 0.444 e. The van der Waals surface area contributed by atoms with Gasteiger partial charge in [0.1, 0.15) is 11.3 Å². The number of amides is 1. The highest BCUT2D eigenvalue weighted by atomic mass is 19.4. The van der Waals surface area contributed by atoms with Crippen molar-refractivity contribution in [1.82, 2.24) is 14.9 Å². The molecule has 0 aromatic carbocycles. The number of hydrogen-bond acceptors (Lipinski definition) is 6. The normalized spacial score (nSPS) is 23.9. The summed E-state index contributed by atoms with van der Waals surface area (Å²) in [5.41, 5.74) is -1.70. The van der Waals surface area contributed by atoms with Crippen LogP contribution in [0.5, 0.6) is 0 Å². The molecule has 2 heterocycles. The third kappa shape index (κ3) is 5.95. The number of alkyl halides is 3. The minimum Gasteiger partial charge on any atom is -0.444 e. The molecule has 2 rings (SSSR count). The lowest BCUT2D eigenvalue weighted by Crippen LogP contribution is -2.58. The van der Waals surface area contributed by atoms with Crippen molar-refractivity contribution in [2.45, 2.75) is 64.6 Å². The highest BCUT2D eigenvalue weighted by Crippen LogP contribution is 2.28. The monoisotopic (exact) mass is 390 g/mol. The maximum Gasteiger partial charge on any atom is 0.433 e. The van der Waals surface area contributed by atoms with Gasteiger partial charge in [-0.15, -0.1) is 0 Å². The van der Waals surface area contributed by atoms with Crippen molar-refractivity contribution < 1.29 is 27.4 Å². The van der Waals surface area contributed by atoms with Crippen molar-refractivity contribution in [3.8, 4) is 0 Å². The summed E-state index contributed by atoms with van der Waals surface area (Å²) < 4.78 is 49.6. The van der Waals surface area contributed by atoms with E-state index in [0.717, 1.165) is 12.3 Å². The van der Waals surface area contributed by atoms with E-state index < -0.39 is 29.6 Å². The molecule has 1 saturated heterocycles. The molecule has 1 aliphatic heterocycles. The summed E-state index contributed by atoms with van der Waals surface area (Å²) in [7, 11) is 0. The molecule has 0 bridgehead atoms. The number of aromatic nitrogens is 2. The smallest absolute Gasteiger partial charge is 0.433 e. The Morgan fingerprint density at radius 1 is 1.37 bits per heavy atom. The zero-order valence-corrected chi connectivity index (χ0v) is 16.0. The van der Waals surface area contributed by atoms with Crippen LogP contribution in [-0.4, -0.2) is 57.9 Å². The molecule has 1 aliphatic rings. The van der Waals surface area contributed by atoms with E-state index in [1.807, 2.05) is 6.92 Å². The molecule has 7 nitrogen and oxygen atoms in total. The first-order valence-corrected chi connectivity index (χ1v) is 8.66. The van der Waals surface area contributed by atoms with E-state index in [9.17, 15) is 18.0 Å². The molecular formula is C17H25F3N4O3. The number of hydrogen-bond donors (Lipinski definition) is 1. The zero-order valence-electron chi connectivity index (χ0n) is 16.0. The molecule has 3 atom stereocenters. The number of rotatable bonds is 3. The van der Waals surface area contributed by atoms with Crippen molar-refractivity contribution in [3.05, 3.63) is 18.0 Å². The average molecular weight is 390 g/mol. The molecule has 0 aliphatic carbocycles. The Kier molecular flexibility index (Phi) is 6.18. The second-order valence-electron chi connectivity index (χ2n) is 7.50. The van der Waals surface area contributed by atoms with Gasteiger partial charge in [0.15, 0.2) is 0 Å². The van der Waals surface area contributed by atoms with E-state index >= 15 is 0 Å². The molecule has 1 amide bonds. The molecule has 1 aromatic rings. The number of carbonyl (C=O) groups excluding carboxylic acids is 1. The Hall–Kier alpha value is -2.10. The van der Waals surface area contributed by atoms with E-state index in [0.29, 0.717) is 6.54 Å². The summed E-state index contributed by atoms with van der Waals surface area (Å²) in [6.07, 6.45) is -4.56. The first-order chi connectivity index (χ1) is 12.4. The minimum atomic E-state index is -4.56. The number of morpholine rings is 1. The molecule has 1 aromatic heterocycles. The predicted molar refractivity (Wildman–Crippen MR) is 92.3 cm³/mol. The number of anilines is 1. The molecule has 0 radical (unpaired) electrons. The summed E-state index contributed by atoms with van der Waals surface area (Å²) in [5.74, 6) is -0.167. The van der Waals surface area contributed by atoms with Crippen LogP contribution in [0.1, 0.15) is 40.3 Å². The molecular weight excluding hydrogens is 365 g/mol. The molecule has 0 unspecified atom stereocenters. The van der Waals surface area contributed by atoms with Gasteiger partial charge >= 0.3 is 12.3 Å². The Morgan fingerprint density at radius 2 is 2.04 bits per heavy atom. The molecule has 10 heteroatoms. The van der Waals surface area contributed by atoms with Crippen molar-refractivity contribution in [1.29, 1.82) is 0 Å². The van der Waals surface area contributed by atoms with Crippen LogP contribution < -0.4 is 5.32 Å². The van der Waals surface area contributed by atoms with E-state index in [4.69, 9.17) is 9.47 Å². The molecule has 1 N–H and O–H groups in total. The van der Waals surface area contributed by atoms with Crippen LogP contribution in [0.4, 0.5) is 23.9 Å². The van der Waals surface area contributed by atoms with Gasteiger partial charge in [-0.2, -0.15) is 13.2 Å². The number of carbonyl (C=O) groups is 1. The Bertz CT molecular complexity index is 664. The van der Waals surface area contributed by atoms with Gasteiger partial charge in [-0.25, -0.2) is 14.8 Å². The highest BCUT2D eigenvalue weighted by molar-refractivity contribution is 5.69. The van der Waals surface area contributed by atoms with Crippen LogP contribution in [0.2, 0.25) is 0 Å². The second kappa shape index (κ2) is 7.87. The SMILES string of the molecule is C[C@@H]1O[C@@H](C)CN(C(=O)OC(C)(C)C)[C@@H]1CNc1nccc(C(F)(F)F)n1. The maximum atomic E-state index is 12.8. The summed E-state index contributed by atoms with van der Waals surface area (Å²) in [6, 6.07) is 0.348. The number of ether oxygens (including phenoxy) is 2. The van der Waals surface area contributed by atoms with Crippen LogP contribution >= 0.6 is 0 Å². The Morgan fingerprint density at radius 3 is 2.63 bits per heavy atom. The molecule has 27 heavy (non-hydrogen) atoms. The van der Waals surface area contributed by atoms with Crippen LogP contribution in [-0.2, 0) is 15.7 Å². The van der Waals surface area contributed by atoms with Gasteiger partial charge in [0.2, 0.25) is 5.95 Å². The van der Waals surface area contributed by atoms with Crippen molar-refractivity contribution in [2.75, 3.05) is 18.4 Å². The Labute approximate surface area is 156 Å². The second-order valence-corrected chi connectivity index (χ2v) is 7.50. The van der Waals surface area contributed by atoms with Gasteiger partial charge < -0.3 is 14.8 Å². The highest BCUT2D eigenvalue weighted by Gasteiger charge is 2.38. The fourth-order valence-electron chi connectivity index (χ4n) is 2.77. The van der Waals surface area contributed by atoms with E-state index in [-0.39, 0.29) is 24.7 Å². The molecule has 1 fully saturated rings. The van der Waals surface area contributed by atoms with Crippen molar-refractivity contribution in [3.63, 3.8) is 0 Å². The lowest BCUT2D eigenvalue weighted by Gasteiger charge is -2.43. The first kappa shape index (κ1) is 21.2. The lowest BCUT2D eigenvalue weighted by atomic mass is 10.1. The molecule has 0 spiro atoms. The first-order valence-electron chi connectivity index (χ1n) is 8.66. The molecule has 0 saturated carbocycles. The van der Waals surface area contributed by atoms with Crippen molar-refractivity contribution >= 4 is 12.0 Å². The Balaban J connectivity index is 2.12. The number of nitrogens with zero attached hydrogens (tertiary/aromatic N) is 3. The van der Waals surface area contributed by atoms with Crippen molar-refractivity contribution in [2.24, 2.45) is 0 Å². The van der Waals surface area contributed by atoms with Crippen LogP contribution in [0.3, 0.4) is 0 Å². The predicted octanol–water partition coefficient (Wildman–Crippen LogP) is 3.32. The van der Waals surface area contributed by atoms with Gasteiger partial charge in [-0.05, 0) is 40.7 Å². The topological polar surface area (TPSA) is 76.6 Å².